The van der Waals surface area contributed by atoms with Gasteiger partial charge in [0.1, 0.15) is 0 Å². The van der Waals surface area contributed by atoms with Gasteiger partial charge in [0.15, 0.2) is 0 Å². The number of aryl methyl sites for hydroxylation is 1. The summed E-state index contributed by atoms with van der Waals surface area (Å²) in [6.07, 6.45) is 0. The molecule has 0 saturated carbocycles. The Bertz CT molecular complexity index is 694. The molecule has 0 unspecified atom stereocenters. The van der Waals surface area contributed by atoms with Crippen LogP contribution in [0.4, 0.5) is 0 Å². The molecule has 0 atom stereocenters. The average Bonchev–Trinajstić information content (AvgIpc) is 2.80. The fourth-order valence-corrected chi connectivity index (χ4v) is 4.54. The Morgan fingerprint density at radius 2 is 1.95 bits per heavy atom. The van der Waals surface area contributed by atoms with Crippen molar-refractivity contribution in [3.05, 3.63) is 50.1 Å². The predicted octanol–water partition coefficient (Wildman–Crippen LogP) is 2.76. The van der Waals surface area contributed by atoms with Crippen LogP contribution in [-0.2, 0) is 23.1 Å². The Morgan fingerprint density at radius 1 is 1.30 bits per heavy atom. The normalized spacial score (nSPS) is 11.8. The Hall–Kier alpha value is -0.730. The molecular formula is C13H15BrN2O2S2. The van der Waals surface area contributed by atoms with Gasteiger partial charge in [0.2, 0.25) is 10.0 Å². The Kier molecular flexibility index (Phi) is 4.98. The minimum absolute atomic E-state index is 0.267. The first-order chi connectivity index (χ1) is 9.42. The topological polar surface area (TPSA) is 72.2 Å². The predicted molar refractivity (Wildman–Crippen MR) is 85.1 cm³/mol. The number of thiophene rings is 1. The molecule has 2 aromatic rings. The molecule has 0 amide bonds. The summed E-state index contributed by atoms with van der Waals surface area (Å²) >= 11 is 4.76. The second-order valence-corrected chi connectivity index (χ2v) is 8.28. The van der Waals surface area contributed by atoms with Crippen LogP contribution in [-0.4, -0.2) is 8.42 Å². The summed E-state index contributed by atoms with van der Waals surface area (Å²) in [5, 5.41) is 0. The summed E-state index contributed by atoms with van der Waals surface area (Å²) in [6, 6.07) is 9.15. The van der Waals surface area contributed by atoms with Crippen molar-refractivity contribution < 1.29 is 8.42 Å². The van der Waals surface area contributed by atoms with Gasteiger partial charge in [-0.25, -0.2) is 13.1 Å². The van der Waals surface area contributed by atoms with Crippen LogP contribution < -0.4 is 10.5 Å². The molecule has 0 aliphatic heterocycles. The lowest BCUT2D eigenvalue weighted by Crippen LogP contribution is -2.23. The summed E-state index contributed by atoms with van der Waals surface area (Å²) in [5.74, 6) is 0. The van der Waals surface area contributed by atoms with Crippen molar-refractivity contribution in [1.82, 2.24) is 4.72 Å². The molecule has 2 rings (SSSR count). The molecule has 0 saturated heterocycles. The first-order valence-electron chi connectivity index (χ1n) is 5.96. The standard InChI is InChI=1S/C13H15BrN2O2S2/c1-9-13(6-12(7-15)19-9)20(17,18)16-8-10-2-4-11(14)5-3-10/h2-6,16H,7-8,15H2,1H3. The van der Waals surface area contributed by atoms with E-state index in [9.17, 15) is 8.42 Å². The smallest absolute Gasteiger partial charge is 0.241 e. The molecule has 1 aromatic heterocycles. The van der Waals surface area contributed by atoms with Crippen LogP contribution in [0.2, 0.25) is 0 Å². The van der Waals surface area contributed by atoms with Crippen LogP contribution in [0.1, 0.15) is 15.3 Å². The van der Waals surface area contributed by atoms with Gasteiger partial charge in [-0.15, -0.1) is 11.3 Å². The number of sulfonamides is 1. The van der Waals surface area contributed by atoms with E-state index in [1.54, 1.807) is 13.0 Å². The highest BCUT2D eigenvalue weighted by Gasteiger charge is 2.19. The Morgan fingerprint density at radius 3 is 2.50 bits per heavy atom. The number of nitrogens with one attached hydrogen (secondary N) is 1. The van der Waals surface area contributed by atoms with E-state index in [-0.39, 0.29) is 6.54 Å². The van der Waals surface area contributed by atoms with Crippen molar-refractivity contribution in [2.75, 3.05) is 0 Å². The van der Waals surface area contributed by atoms with Gasteiger partial charge >= 0.3 is 0 Å². The molecular weight excluding hydrogens is 360 g/mol. The largest absolute Gasteiger partial charge is 0.326 e. The van der Waals surface area contributed by atoms with Gasteiger partial charge in [-0.2, -0.15) is 0 Å². The Labute approximate surface area is 131 Å². The Balaban J connectivity index is 2.14. The summed E-state index contributed by atoms with van der Waals surface area (Å²) in [7, 11) is -3.50. The average molecular weight is 375 g/mol. The lowest BCUT2D eigenvalue weighted by atomic mass is 10.2. The van der Waals surface area contributed by atoms with E-state index < -0.39 is 10.0 Å². The lowest BCUT2D eigenvalue weighted by molar-refractivity contribution is 0.581. The SMILES string of the molecule is Cc1sc(CN)cc1S(=O)(=O)NCc1ccc(Br)cc1. The molecule has 0 radical (unpaired) electrons. The zero-order valence-electron chi connectivity index (χ0n) is 10.9. The van der Waals surface area contributed by atoms with Crippen molar-refractivity contribution in [1.29, 1.82) is 0 Å². The molecule has 3 N–H and O–H groups in total. The van der Waals surface area contributed by atoms with Crippen molar-refractivity contribution in [2.45, 2.75) is 24.9 Å². The number of rotatable bonds is 5. The molecule has 0 aliphatic carbocycles. The molecule has 7 heteroatoms. The van der Waals surface area contributed by atoms with Gasteiger partial charge in [0.05, 0.1) is 4.90 Å². The molecule has 0 fully saturated rings. The molecule has 1 heterocycles. The van der Waals surface area contributed by atoms with E-state index in [0.717, 1.165) is 19.8 Å². The van der Waals surface area contributed by atoms with Crippen molar-refractivity contribution >= 4 is 37.3 Å². The third kappa shape index (κ3) is 3.67. The van der Waals surface area contributed by atoms with Crippen molar-refractivity contribution in [3.63, 3.8) is 0 Å². The second kappa shape index (κ2) is 6.36. The molecule has 1 aromatic carbocycles. The molecule has 108 valence electrons. The van der Waals surface area contributed by atoms with E-state index in [4.69, 9.17) is 5.73 Å². The number of hydrogen-bond acceptors (Lipinski definition) is 4. The number of hydrogen-bond donors (Lipinski definition) is 2. The van der Waals surface area contributed by atoms with Crippen LogP contribution in [0.5, 0.6) is 0 Å². The maximum absolute atomic E-state index is 12.3. The minimum atomic E-state index is -3.50. The second-order valence-electron chi connectivity index (χ2n) is 4.29. The van der Waals surface area contributed by atoms with E-state index in [1.807, 2.05) is 24.3 Å². The van der Waals surface area contributed by atoms with Crippen LogP contribution in [0.3, 0.4) is 0 Å². The highest BCUT2D eigenvalue weighted by molar-refractivity contribution is 9.10. The van der Waals surface area contributed by atoms with Gasteiger partial charge < -0.3 is 5.73 Å². The summed E-state index contributed by atoms with van der Waals surface area (Å²) in [6.45, 7) is 2.41. The van der Waals surface area contributed by atoms with Gasteiger partial charge in [0, 0.05) is 27.3 Å². The first kappa shape index (κ1) is 15.7. The zero-order valence-corrected chi connectivity index (χ0v) is 14.1. The van der Waals surface area contributed by atoms with E-state index in [1.165, 1.54) is 11.3 Å². The van der Waals surface area contributed by atoms with E-state index >= 15 is 0 Å². The van der Waals surface area contributed by atoms with Crippen molar-refractivity contribution in [3.8, 4) is 0 Å². The third-order valence-corrected chi connectivity index (χ3v) is 6.05. The molecule has 20 heavy (non-hydrogen) atoms. The van der Waals surface area contributed by atoms with Crippen molar-refractivity contribution in [2.24, 2.45) is 5.73 Å². The number of nitrogens with two attached hydrogens (primary N) is 1. The number of benzene rings is 1. The van der Waals surface area contributed by atoms with Crippen LogP contribution >= 0.6 is 27.3 Å². The molecule has 4 nitrogen and oxygen atoms in total. The van der Waals surface area contributed by atoms with E-state index in [0.29, 0.717) is 11.4 Å². The maximum atomic E-state index is 12.3. The third-order valence-electron chi connectivity index (χ3n) is 2.79. The van der Waals surface area contributed by atoms with Crippen LogP contribution in [0.25, 0.3) is 0 Å². The van der Waals surface area contributed by atoms with Gasteiger partial charge in [-0.05, 0) is 30.7 Å². The fraction of sp³-hybridized carbons (Fsp3) is 0.231. The summed E-state index contributed by atoms with van der Waals surface area (Å²) in [5.41, 5.74) is 6.45. The molecule has 0 aliphatic rings. The molecule has 0 spiro atoms. The minimum Gasteiger partial charge on any atom is -0.326 e. The quantitative estimate of drug-likeness (QED) is 0.844. The molecule has 0 bridgehead atoms. The fourth-order valence-electron chi connectivity index (χ4n) is 1.75. The van der Waals surface area contributed by atoms with Gasteiger partial charge in [-0.1, -0.05) is 28.1 Å². The van der Waals surface area contributed by atoms with Crippen LogP contribution in [0.15, 0.2) is 39.7 Å². The number of halogens is 1. The lowest BCUT2D eigenvalue weighted by Gasteiger charge is -2.06. The van der Waals surface area contributed by atoms with E-state index in [2.05, 4.69) is 20.7 Å². The highest BCUT2D eigenvalue weighted by Crippen LogP contribution is 2.25. The maximum Gasteiger partial charge on any atom is 0.241 e. The summed E-state index contributed by atoms with van der Waals surface area (Å²) < 4.78 is 28.1. The van der Waals surface area contributed by atoms with Gasteiger partial charge in [-0.3, -0.25) is 0 Å². The highest BCUT2D eigenvalue weighted by atomic mass is 79.9. The first-order valence-corrected chi connectivity index (χ1v) is 9.05. The van der Waals surface area contributed by atoms with Gasteiger partial charge in [0.25, 0.3) is 0 Å². The monoisotopic (exact) mass is 374 g/mol. The zero-order chi connectivity index (χ0) is 14.8. The van der Waals surface area contributed by atoms with Crippen LogP contribution in [0, 0.1) is 6.92 Å². The summed E-state index contributed by atoms with van der Waals surface area (Å²) in [4.78, 5) is 1.94.